The van der Waals surface area contributed by atoms with E-state index >= 15 is 0 Å². The molecular weight excluding hydrogens is 214 g/mol. The molecule has 0 aliphatic carbocycles. The third-order valence-corrected chi connectivity index (χ3v) is 3.38. The molecule has 0 radical (unpaired) electrons. The molecule has 0 aromatic heterocycles. The lowest BCUT2D eigenvalue weighted by atomic mass is 10.1. The molecule has 0 spiro atoms. The molecule has 1 rings (SSSR count). The van der Waals surface area contributed by atoms with Crippen molar-refractivity contribution in [2.75, 3.05) is 19.7 Å². The van der Waals surface area contributed by atoms with Crippen LogP contribution in [0, 0.1) is 5.92 Å². The lowest BCUT2D eigenvalue weighted by Gasteiger charge is -2.08. The standard InChI is InChI=1S/C14H27NO2/c1-2-3-4-5-6-7-10-17-14(16)11-13-8-9-15-12-13/h13,15H,2-12H2,1H3. The van der Waals surface area contributed by atoms with Gasteiger partial charge < -0.3 is 10.1 Å². The summed E-state index contributed by atoms with van der Waals surface area (Å²) in [6, 6.07) is 0. The Morgan fingerprint density at radius 1 is 1.24 bits per heavy atom. The largest absolute Gasteiger partial charge is 0.466 e. The highest BCUT2D eigenvalue weighted by Gasteiger charge is 2.18. The topological polar surface area (TPSA) is 38.3 Å². The summed E-state index contributed by atoms with van der Waals surface area (Å²) in [4.78, 5) is 11.5. The van der Waals surface area contributed by atoms with E-state index in [9.17, 15) is 4.79 Å². The third kappa shape index (κ3) is 7.37. The Bertz CT molecular complexity index is 200. The highest BCUT2D eigenvalue weighted by molar-refractivity contribution is 5.69. The van der Waals surface area contributed by atoms with Gasteiger partial charge in [-0.1, -0.05) is 39.0 Å². The second-order valence-corrected chi connectivity index (χ2v) is 5.05. The van der Waals surface area contributed by atoms with Crippen molar-refractivity contribution < 1.29 is 9.53 Å². The minimum atomic E-state index is -0.00717. The summed E-state index contributed by atoms with van der Waals surface area (Å²) in [5, 5.41) is 3.27. The first kappa shape index (κ1) is 14.5. The van der Waals surface area contributed by atoms with Crippen LogP contribution in [0.1, 0.15) is 58.3 Å². The number of ether oxygens (including phenoxy) is 1. The van der Waals surface area contributed by atoms with E-state index in [4.69, 9.17) is 4.74 Å². The lowest BCUT2D eigenvalue weighted by molar-refractivity contribution is -0.144. The maximum absolute atomic E-state index is 11.5. The number of unbranched alkanes of at least 4 members (excludes halogenated alkanes) is 5. The van der Waals surface area contributed by atoms with Gasteiger partial charge in [0, 0.05) is 6.42 Å². The third-order valence-electron chi connectivity index (χ3n) is 3.38. The van der Waals surface area contributed by atoms with Gasteiger partial charge >= 0.3 is 5.97 Å². The molecule has 0 saturated carbocycles. The zero-order valence-corrected chi connectivity index (χ0v) is 11.2. The van der Waals surface area contributed by atoms with Crippen molar-refractivity contribution in [2.45, 2.75) is 58.3 Å². The molecule has 3 heteroatoms. The average Bonchev–Trinajstić information content (AvgIpc) is 2.80. The van der Waals surface area contributed by atoms with Crippen molar-refractivity contribution in [1.29, 1.82) is 0 Å². The predicted molar refractivity (Wildman–Crippen MR) is 69.9 cm³/mol. The average molecular weight is 241 g/mol. The molecule has 1 fully saturated rings. The molecule has 17 heavy (non-hydrogen) atoms. The SMILES string of the molecule is CCCCCCCCOC(=O)CC1CCNC1. The fraction of sp³-hybridized carbons (Fsp3) is 0.929. The maximum Gasteiger partial charge on any atom is 0.306 e. The molecule has 0 bridgehead atoms. The minimum absolute atomic E-state index is 0.00717. The minimum Gasteiger partial charge on any atom is -0.466 e. The summed E-state index contributed by atoms with van der Waals surface area (Å²) < 4.78 is 5.24. The van der Waals surface area contributed by atoms with E-state index in [1.54, 1.807) is 0 Å². The molecule has 1 heterocycles. The van der Waals surface area contributed by atoms with Gasteiger partial charge in [-0.15, -0.1) is 0 Å². The van der Waals surface area contributed by atoms with Crippen LogP contribution in [0.4, 0.5) is 0 Å². The number of carbonyl (C=O) groups excluding carboxylic acids is 1. The molecule has 1 N–H and O–H groups in total. The van der Waals surface area contributed by atoms with Crippen LogP contribution in [0.3, 0.4) is 0 Å². The number of hydrogen-bond donors (Lipinski definition) is 1. The molecule has 100 valence electrons. The zero-order valence-electron chi connectivity index (χ0n) is 11.2. The highest BCUT2D eigenvalue weighted by atomic mass is 16.5. The van der Waals surface area contributed by atoms with Crippen LogP contribution in [-0.4, -0.2) is 25.7 Å². The van der Waals surface area contributed by atoms with Gasteiger partial charge in [-0.05, 0) is 31.8 Å². The summed E-state index contributed by atoms with van der Waals surface area (Å²) >= 11 is 0. The van der Waals surface area contributed by atoms with E-state index in [0.29, 0.717) is 18.9 Å². The Hall–Kier alpha value is -0.570. The first-order valence-electron chi connectivity index (χ1n) is 7.19. The highest BCUT2D eigenvalue weighted by Crippen LogP contribution is 2.13. The first-order chi connectivity index (χ1) is 8.33. The monoisotopic (exact) mass is 241 g/mol. The Morgan fingerprint density at radius 2 is 2.00 bits per heavy atom. The van der Waals surface area contributed by atoms with Crippen LogP contribution < -0.4 is 5.32 Å². The quantitative estimate of drug-likeness (QED) is 0.498. The summed E-state index contributed by atoms with van der Waals surface area (Å²) in [6.07, 6.45) is 9.14. The molecule has 0 amide bonds. The van der Waals surface area contributed by atoms with Gasteiger partial charge in [0.25, 0.3) is 0 Å². The van der Waals surface area contributed by atoms with E-state index in [2.05, 4.69) is 12.2 Å². The molecule has 1 aliphatic heterocycles. The molecule has 1 unspecified atom stereocenters. The molecule has 1 atom stereocenters. The number of nitrogens with one attached hydrogen (secondary N) is 1. The van der Waals surface area contributed by atoms with Crippen molar-refractivity contribution in [3.63, 3.8) is 0 Å². The second kappa shape index (κ2) is 9.46. The second-order valence-electron chi connectivity index (χ2n) is 5.05. The number of rotatable bonds is 9. The molecule has 0 aromatic carbocycles. The fourth-order valence-corrected chi connectivity index (χ4v) is 2.25. The Morgan fingerprint density at radius 3 is 2.71 bits per heavy atom. The van der Waals surface area contributed by atoms with Crippen molar-refractivity contribution in [3.05, 3.63) is 0 Å². The van der Waals surface area contributed by atoms with Gasteiger partial charge in [0.1, 0.15) is 0 Å². The predicted octanol–water partition coefficient (Wildman–Crippen LogP) is 2.89. The van der Waals surface area contributed by atoms with Crippen LogP contribution in [-0.2, 0) is 9.53 Å². The van der Waals surface area contributed by atoms with Crippen LogP contribution in [0.5, 0.6) is 0 Å². The van der Waals surface area contributed by atoms with Crippen LogP contribution >= 0.6 is 0 Å². The Labute approximate surface area is 105 Å². The zero-order chi connectivity index (χ0) is 12.3. The number of carbonyl (C=O) groups is 1. The summed E-state index contributed by atoms with van der Waals surface area (Å²) in [7, 11) is 0. The van der Waals surface area contributed by atoms with Gasteiger partial charge in [-0.3, -0.25) is 4.79 Å². The van der Waals surface area contributed by atoms with Gasteiger partial charge in [0.05, 0.1) is 6.61 Å². The molecule has 1 saturated heterocycles. The van der Waals surface area contributed by atoms with E-state index in [-0.39, 0.29) is 5.97 Å². The lowest BCUT2D eigenvalue weighted by Crippen LogP contribution is -2.15. The van der Waals surface area contributed by atoms with E-state index in [1.807, 2.05) is 0 Å². The van der Waals surface area contributed by atoms with Crippen molar-refractivity contribution in [2.24, 2.45) is 5.92 Å². The van der Waals surface area contributed by atoms with Crippen LogP contribution in [0.2, 0.25) is 0 Å². The van der Waals surface area contributed by atoms with Gasteiger partial charge in [-0.2, -0.15) is 0 Å². The Balaban J connectivity index is 1.86. The van der Waals surface area contributed by atoms with Crippen molar-refractivity contribution >= 4 is 5.97 Å². The fourth-order valence-electron chi connectivity index (χ4n) is 2.25. The molecule has 1 aliphatic rings. The first-order valence-corrected chi connectivity index (χ1v) is 7.19. The molecule has 0 aromatic rings. The number of hydrogen-bond acceptors (Lipinski definition) is 3. The smallest absolute Gasteiger partial charge is 0.306 e. The van der Waals surface area contributed by atoms with Crippen LogP contribution in [0.15, 0.2) is 0 Å². The van der Waals surface area contributed by atoms with E-state index in [1.165, 1.54) is 32.1 Å². The molecule has 3 nitrogen and oxygen atoms in total. The molecular formula is C14H27NO2. The summed E-state index contributed by atoms with van der Waals surface area (Å²) in [5.41, 5.74) is 0. The summed E-state index contributed by atoms with van der Waals surface area (Å²) in [6.45, 7) is 4.87. The van der Waals surface area contributed by atoms with Gasteiger partial charge in [0.2, 0.25) is 0 Å². The van der Waals surface area contributed by atoms with Gasteiger partial charge in [-0.25, -0.2) is 0 Å². The number of esters is 1. The van der Waals surface area contributed by atoms with E-state index in [0.717, 1.165) is 25.9 Å². The van der Waals surface area contributed by atoms with Crippen LogP contribution in [0.25, 0.3) is 0 Å². The Kier molecular flexibility index (Phi) is 8.06. The summed E-state index contributed by atoms with van der Waals surface area (Å²) in [5.74, 6) is 0.499. The van der Waals surface area contributed by atoms with Gasteiger partial charge in [0.15, 0.2) is 0 Å². The van der Waals surface area contributed by atoms with Crippen molar-refractivity contribution in [1.82, 2.24) is 5.32 Å². The van der Waals surface area contributed by atoms with Crippen molar-refractivity contribution in [3.8, 4) is 0 Å². The van der Waals surface area contributed by atoms with E-state index < -0.39 is 0 Å². The maximum atomic E-state index is 11.5. The normalized spacial score (nSPS) is 19.5.